The highest BCUT2D eigenvalue weighted by Crippen LogP contribution is 2.33. The van der Waals surface area contributed by atoms with Gasteiger partial charge in [-0.25, -0.2) is 4.79 Å². The van der Waals surface area contributed by atoms with Crippen molar-refractivity contribution in [2.24, 2.45) is 17.8 Å². The Morgan fingerprint density at radius 3 is 2.33 bits per heavy atom. The second kappa shape index (κ2) is 11.7. The van der Waals surface area contributed by atoms with Gasteiger partial charge >= 0.3 is 12.1 Å². The normalized spacial score (nSPS) is 20.1. The molecule has 6 nitrogen and oxygen atoms in total. The summed E-state index contributed by atoms with van der Waals surface area (Å²) in [5.41, 5.74) is 0.445. The van der Waals surface area contributed by atoms with E-state index >= 15 is 0 Å². The van der Waals surface area contributed by atoms with Crippen molar-refractivity contribution in [2.75, 3.05) is 6.54 Å². The quantitative estimate of drug-likeness (QED) is 0.467. The maximum Gasteiger partial charge on any atom is 0.407 e. The number of carbonyl (C=O) groups is 3. The number of alkyl carbamates (subject to hydrolysis) is 1. The molecule has 6 heteroatoms. The van der Waals surface area contributed by atoms with E-state index in [1.807, 2.05) is 51.1 Å². The first kappa shape index (κ1) is 23.9. The lowest BCUT2D eigenvalue weighted by molar-refractivity contribution is -0.147. The molecule has 0 aromatic heterocycles. The van der Waals surface area contributed by atoms with Crippen molar-refractivity contribution in [3.05, 3.63) is 35.9 Å². The Labute approximate surface area is 179 Å². The lowest BCUT2D eigenvalue weighted by atomic mass is 9.77. The van der Waals surface area contributed by atoms with Crippen LogP contribution in [0.5, 0.6) is 0 Å². The van der Waals surface area contributed by atoms with Gasteiger partial charge in [0.2, 0.25) is 0 Å². The summed E-state index contributed by atoms with van der Waals surface area (Å²) in [6, 6.07) is 9.52. The number of aldehydes is 1. The van der Waals surface area contributed by atoms with Crippen molar-refractivity contribution in [1.82, 2.24) is 5.32 Å². The molecule has 1 aromatic carbocycles. The van der Waals surface area contributed by atoms with Crippen LogP contribution >= 0.6 is 0 Å². The molecule has 0 unspecified atom stereocenters. The molecular weight excluding hydrogens is 382 g/mol. The zero-order valence-electron chi connectivity index (χ0n) is 18.4. The molecule has 1 fully saturated rings. The molecule has 0 saturated heterocycles. The van der Waals surface area contributed by atoms with E-state index in [1.165, 1.54) is 0 Å². The van der Waals surface area contributed by atoms with Crippen LogP contribution in [0.15, 0.2) is 30.3 Å². The van der Waals surface area contributed by atoms with Crippen LogP contribution in [-0.4, -0.2) is 30.5 Å². The third-order valence-corrected chi connectivity index (χ3v) is 5.40. The van der Waals surface area contributed by atoms with E-state index in [2.05, 4.69) is 5.32 Å². The van der Waals surface area contributed by atoms with Gasteiger partial charge in [0.1, 0.15) is 18.5 Å². The Balaban J connectivity index is 1.65. The summed E-state index contributed by atoms with van der Waals surface area (Å²) in [5.74, 6) is 0.236. The van der Waals surface area contributed by atoms with E-state index in [9.17, 15) is 14.4 Å². The lowest BCUT2D eigenvalue weighted by Gasteiger charge is -2.30. The lowest BCUT2D eigenvalue weighted by Crippen LogP contribution is -2.36. The van der Waals surface area contributed by atoms with Crippen LogP contribution < -0.4 is 5.32 Å². The number of esters is 1. The second-order valence-electron chi connectivity index (χ2n) is 9.25. The van der Waals surface area contributed by atoms with Gasteiger partial charge in [0.15, 0.2) is 0 Å². The number of amides is 1. The number of hydrogen-bond acceptors (Lipinski definition) is 5. The predicted molar refractivity (Wildman–Crippen MR) is 115 cm³/mol. The number of nitrogens with one attached hydrogen (secondary N) is 1. The fraction of sp³-hybridized carbons (Fsp3) is 0.625. The molecule has 0 aliphatic heterocycles. The molecule has 1 N–H and O–H groups in total. The summed E-state index contributed by atoms with van der Waals surface area (Å²) in [6.45, 7) is 6.39. The van der Waals surface area contributed by atoms with Crippen LogP contribution in [0.4, 0.5) is 4.79 Å². The topological polar surface area (TPSA) is 81.7 Å². The zero-order valence-corrected chi connectivity index (χ0v) is 18.4. The Hall–Kier alpha value is -2.37. The van der Waals surface area contributed by atoms with Gasteiger partial charge in [0, 0.05) is 12.5 Å². The van der Waals surface area contributed by atoms with Gasteiger partial charge in [-0.05, 0) is 57.4 Å². The molecule has 0 heterocycles. The van der Waals surface area contributed by atoms with Crippen molar-refractivity contribution in [3.63, 3.8) is 0 Å². The molecule has 1 amide bonds. The van der Waals surface area contributed by atoms with Crippen LogP contribution in [0.3, 0.4) is 0 Å². The average Bonchev–Trinajstić information content (AvgIpc) is 2.71. The molecule has 0 spiro atoms. The molecule has 1 aromatic rings. The summed E-state index contributed by atoms with van der Waals surface area (Å²) < 4.78 is 10.6. The molecule has 30 heavy (non-hydrogen) atoms. The minimum absolute atomic E-state index is 0.135. The highest BCUT2D eigenvalue weighted by Gasteiger charge is 2.26. The van der Waals surface area contributed by atoms with Crippen molar-refractivity contribution >= 4 is 18.3 Å². The van der Waals surface area contributed by atoms with E-state index in [4.69, 9.17) is 9.47 Å². The molecular formula is C24H35NO5. The van der Waals surface area contributed by atoms with Gasteiger partial charge in [-0.3, -0.25) is 4.79 Å². The van der Waals surface area contributed by atoms with Crippen LogP contribution in [0.2, 0.25) is 0 Å². The van der Waals surface area contributed by atoms with E-state index < -0.39 is 5.60 Å². The summed E-state index contributed by atoms with van der Waals surface area (Å²) in [7, 11) is 0. The third-order valence-electron chi connectivity index (χ3n) is 5.40. The Kier molecular flexibility index (Phi) is 9.34. The maximum atomic E-state index is 12.1. The SMILES string of the molecule is CC(C)(C)OC(=O)NCC1CCC(C[C@@H](C=O)CC(=O)OCc2ccccc2)CC1. The van der Waals surface area contributed by atoms with Crippen LogP contribution in [0.25, 0.3) is 0 Å². The highest BCUT2D eigenvalue weighted by atomic mass is 16.6. The van der Waals surface area contributed by atoms with Crippen molar-refractivity contribution in [3.8, 4) is 0 Å². The molecule has 0 radical (unpaired) electrons. The van der Waals surface area contributed by atoms with Crippen LogP contribution in [0, 0.1) is 17.8 Å². The number of rotatable bonds is 9. The first-order valence-corrected chi connectivity index (χ1v) is 10.9. The molecule has 166 valence electrons. The average molecular weight is 418 g/mol. The van der Waals surface area contributed by atoms with Crippen molar-refractivity contribution in [1.29, 1.82) is 0 Å². The fourth-order valence-electron chi connectivity index (χ4n) is 3.84. The summed E-state index contributed by atoms with van der Waals surface area (Å²) in [4.78, 5) is 35.3. The molecule has 1 saturated carbocycles. The minimum atomic E-state index is -0.492. The highest BCUT2D eigenvalue weighted by molar-refractivity contribution is 5.73. The predicted octanol–water partition coefficient (Wildman–Crippen LogP) is 4.66. The van der Waals surface area contributed by atoms with Crippen LogP contribution in [-0.2, 0) is 25.7 Å². The Morgan fingerprint density at radius 1 is 1.10 bits per heavy atom. The fourth-order valence-corrected chi connectivity index (χ4v) is 3.84. The number of hydrogen-bond donors (Lipinski definition) is 1. The number of carbonyl (C=O) groups excluding carboxylic acids is 3. The van der Waals surface area contributed by atoms with Crippen molar-refractivity contribution in [2.45, 2.75) is 71.5 Å². The summed E-state index contributed by atoms with van der Waals surface area (Å²) in [5, 5.41) is 2.85. The Bertz CT molecular complexity index is 675. The zero-order chi connectivity index (χ0) is 22.0. The first-order chi connectivity index (χ1) is 14.2. The monoisotopic (exact) mass is 417 g/mol. The number of benzene rings is 1. The molecule has 1 aliphatic rings. The van der Waals surface area contributed by atoms with Gasteiger partial charge in [0.25, 0.3) is 0 Å². The largest absolute Gasteiger partial charge is 0.461 e. The van der Waals surface area contributed by atoms with Gasteiger partial charge in [-0.15, -0.1) is 0 Å². The van der Waals surface area contributed by atoms with E-state index in [0.29, 0.717) is 18.4 Å². The first-order valence-electron chi connectivity index (χ1n) is 10.9. The van der Waals surface area contributed by atoms with E-state index in [-0.39, 0.29) is 31.0 Å². The molecule has 1 aliphatic carbocycles. The van der Waals surface area contributed by atoms with Crippen molar-refractivity contribution < 1.29 is 23.9 Å². The summed E-state index contributed by atoms with van der Waals surface area (Å²) in [6.07, 6.45) is 5.38. The van der Waals surface area contributed by atoms with Gasteiger partial charge in [-0.2, -0.15) is 0 Å². The minimum Gasteiger partial charge on any atom is -0.461 e. The molecule has 1 atom stereocenters. The van der Waals surface area contributed by atoms with Gasteiger partial charge < -0.3 is 19.6 Å². The molecule has 2 rings (SSSR count). The van der Waals surface area contributed by atoms with Gasteiger partial charge in [-0.1, -0.05) is 43.2 Å². The second-order valence-corrected chi connectivity index (χ2v) is 9.25. The van der Waals surface area contributed by atoms with Crippen LogP contribution in [0.1, 0.15) is 64.9 Å². The van der Waals surface area contributed by atoms with Gasteiger partial charge in [0.05, 0.1) is 6.42 Å². The number of ether oxygens (including phenoxy) is 2. The molecule has 0 bridgehead atoms. The standard InChI is InChI=1S/C24H35NO5/c1-24(2,3)30-23(28)25-15-19-11-9-18(10-12-19)13-21(16-26)14-22(27)29-17-20-7-5-4-6-8-20/h4-8,16,18-19,21H,9-15,17H2,1-3H3,(H,25,28)/t18?,19?,21-/m1/s1. The maximum absolute atomic E-state index is 12.1. The van der Waals surface area contributed by atoms with E-state index in [1.54, 1.807) is 0 Å². The third kappa shape index (κ3) is 9.42. The Morgan fingerprint density at radius 2 is 1.73 bits per heavy atom. The summed E-state index contributed by atoms with van der Waals surface area (Å²) >= 11 is 0. The smallest absolute Gasteiger partial charge is 0.407 e. The van der Waals surface area contributed by atoms with E-state index in [0.717, 1.165) is 44.0 Å².